The first kappa shape index (κ1) is 20.4. The molecule has 3 heteroatoms. The summed E-state index contributed by atoms with van der Waals surface area (Å²) in [7, 11) is -0.913. The maximum absolute atomic E-state index is 12.0. The summed E-state index contributed by atoms with van der Waals surface area (Å²) in [6.45, 7) is 2.25. The molecule has 2 atom stereocenters. The van der Waals surface area contributed by atoms with E-state index in [1.54, 1.807) is 0 Å². The van der Waals surface area contributed by atoms with Crippen LogP contribution in [0.25, 0.3) is 0 Å². The number of unbranched alkanes of at least 4 members (excludes halogenated alkanes) is 9. The lowest BCUT2D eigenvalue weighted by molar-refractivity contribution is 0.203. The van der Waals surface area contributed by atoms with Gasteiger partial charge in [0.1, 0.15) is 0 Å². The van der Waals surface area contributed by atoms with Crippen molar-refractivity contribution >= 4 is 10.8 Å². The van der Waals surface area contributed by atoms with Crippen molar-refractivity contribution in [2.45, 2.75) is 77.2 Å². The van der Waals surface area contributed by atoms with Gasteiger partial charge in [0.2, 0.25) is 0 Å². The molecule has 1 aromatic carbocycles. The Hall–Kier alpha value is -0.670. The molecule has 1 N–H and O–H groups in total. The van der Waals surface area contributed by atoms with Gasteiger partial charge >= 0.3 is 0 Å². The minimum Gasteiger partial charge on any atom is -0.387 e. The summed E-state index contributed by atoms with van der Waals surface area (Å²) < 4.78 is 12.0. The van der Waals surface area contributed by atoms with E-state index in [4.69, 9.17) is 0 Å². The van der Waals surface area contributed by atoms with Crippen molar-refractivity contribution in [2.75, 3.05) is 11.5 Å². The molecule has 132 valence electrons. The molecule has 0 fully saturated rings. The van der Waals surface area contributed by atoms with Gasteiger partial charge in [-0.15, -0.1) is 0 Å². The van der Waals surface area contributed by atoms with Gasteiger partial charge in [-0.25, -0.2) is 0 Å². The lowest BCUT2D eigenvalue weighted by Crippen LogP contribution is -2.11. The molecule has 2 unspecified atom stereocenters. The molecule has 0 amide bonds. The van der Waals surface area contributed by atoms with E-state index in [-0.39, 0.29) is 0 Å². The lowest BCUT2D eigenvalue weighted by atomic mass is 10.1. The highest BCUT2D eigenvalue weighted by molar-refractivity contribution is 7.85. The molecule has 23 heavy (non-hydrogen) atoms. The van der Waals surface area contributed by atoms with Crippen LogP contribution in [0.2, 0.25) is 0 Å². The lowest BCUT2D eigenvalue weighted by Gasteiger charge is -2.10. The fourth-order valence-corrected chi connectivity index (χ4v) is 4.02. The van der Waals surface area contributed by atoms with Gasteiger partial charge < -0.3 is 5.11 Å². The Morgan fingerprint density at radius 3 is 1.96 bits per heavy atom. The summed E-state index contributed by atoms with van der Waals surface area (Å²) in [4.78, 5) is 0. The topological polar surface area (TPSA) is 37.3 Å². The third-order valence-corrected chi connectivity index (χ3v) is 5.69. The van der Waals surface area contributed by atoms with Crippen LogP contribution in [0.3, 0.4) is 0 Å². The highest BCUT2D eigenvalue weighted by Gasteiger charge is 2.11. The van der Waals surface area contributed by atoms with Gasteiger partial charge in [-0.2, -0.15) is 0 Å². The summed E-state index contributed by atoms with van der Waals surface area (Å²) in [5, 5.41) is 10.1. The van der Waals surface area contributed by atoms with E-state index in [0.29, 0.717) is 5.75 Å². The summed E-state index contributed by atoms with van der Waals surface area (Å²) >= 11 is 0. The number of hydrogen-bond acceptors (Lipinski definition) is 2. The highest BCUT2D eigenvalue weighted by Crippen LogP contribution is 2.14. The smallest absolute Gasteiger partial charge is 0.0905 e. The van der Waals surface area contributed by atoms with E-state index in [1.165, 1.54) is 57.8 Å². The average Bonchev–Trinajstić information content (AvgIpc) is 2.57. The van der Waals surface area contributed by atoms with Crippen LogP contribution in [0.4, 0.5) is 0 Å². The molecule has 0 heterocycles. The van der Waals surface area contributed by atoms with Crippen LogP contribution in [-0.2, 0) is 10.8 Å². The van der Waals surface area contributed by atoms with Crippen LogP contribution in [-0.4, -0.2) is 20.8 Å². The minimum absolute atomic E-state index is 0.363. The second kappa shape index (κ2) is 13.7. The molecule has 0 bridgehead atoms. The molecule has 0 spiro atoms. The number of rotatable bonds is 14. The molecule has 0 aliphatic rings. The van der Waals surface area contributed by atoms with E-state index < -0.39 is 16.9 Å². The van der Waals surface area contributed by atoms with Crippen LogP contribution < -0.4 is 0 Å². The average molecular weight is 339 g/mol. The number of hydrogen-bond donors (Lipinski definition) is 1. The molecule has 0 aliphatic carbocycles. The second-order valence-corrected chi connectivity index (χ2v) is 8.04. The van der Waals surface area contributed by atoms with Crippen molar-refractivity contribution in [3.8, 4) is 0 Å². The van der Waals surface area contributed by atoms with E-state index >= 15 is 0 Å². The summed E-state index contributed by atoms with van der Waals surface area (Å²) in [6, 6.07) is 9.52. The Morgan fingerprint density at radius 2 is 1.39 bits per heavy atom. The van der Waals surface area contributed by atoms with Crippen molar-refractivity contribution in [3.05, 3.63) is 35.9 Å². The fourth-order valence-electron chi connectivity index (χ4n) is 2.78. The van der Waals surface area contributed by atoms with E-state index in [9.17, 15) is 9.32 Å². The molecule has 0 aromatic heterocycles. The van der Waals surface area contributed by atoms with Gasteiger partial charge in [-0.1, -0.05) is 95.0 Å². The Labute approximate surface area is 145 Å². The Kier molecular flexibility index (Phi) is 12.2. The predicted octanol–water partition coefficient (Wildman–Crippen LogP) is 5.39. The standard InChI is InChI=1S/C20H34O2S/c1-2-3-4-5-6-7-8-9-10-14-17-23(22)18-20(21)19-15-12-11-13-16-19/h11-13,15-16,20-21H,2-10,14,17-18H2,1H3. The minimum atomic E-state index is -0.913. The van der Waals surface area contributed by atoms with Crippen LogP contribution in [0.1, 0.15) is 82.8 Å². The molecular formula is C20H34O2S. The van der Waals surface area contributed by atoms with Gasteiger partial charge in [0.05, 0.1) is 11.9 Å². The Balaban J connectivity index is 1.96. The first-order chi connectivity index (χ1) is 11.2. The molecule has 0 saturated heterocycles. The second-order valence-electron chi connectivity index (χ2n) is 6.42. The van der Waals surface area contributed by atoms with Crippen molar-refractivity contribution in [3.63, 3.8) is 0 Å². The zero-order valence-electron chi connectivity index (χ0n) is 14.7. The SMILES string of the molecule is CCCCCCCCCCCCS(=O)CC(O)c1ccccc1. The van der Waals surface area contributed by atoms with Crippen molar-refractivity contribution in [2.24, 2.45) is 0 Å². The molecule has 1 rings (SSSR count). The van der Waals surface area contributed by atoms with Gasteiger partial charge in [-0.3, -0.25) is 4.21 Å². The predicted molar refractivity (Wildman–Crippen MR) is 101 cm³/mol. The maximum atomic E-state index is 12.0. The van der Waals surface area contributed by atoms with Crippen LogP contribution in [0.5, 0.6) is 0 Å². The fraction of sp³-hybridized carbons (Fsp3) is 0.700. The monoisotopic (exact) mass is 338 g/mol. The Morgan fingerprint density at radius 1 is 0.870 bits per heavy atom. The van der Waals surface area contributed by atoms with Crippen LogP contribution >= 0.6 is 0 Å². The van der Waals surface area contributed by atoms with Gasteiger partial charge in [0.15, 0.2) is 0 Å². The van der Waals surface area contributed by atoms with Crippen molar-refractivity contribution in [1.29, 1.82) is 0 Å². The Bertz CT molecular complexity index is 405. The zero-order chi connectivity index (χ0) is 16.8. The quantitative estimate of drug-likeness (QED) is 0.462. The summed E-state index contributed by atoms with van der Waals surface area (Å²) in [5.41, 5.74) is 0.865. The molecule has 2 nitrogen and oxygen atoms in total. The van der Waals surface area contributed by atoms with Gasteiger partial charge in [0.25, 0.3) is 0 Å². The van der Waals surface area contributed by atoms with Crippen LogP contribution in [0.15, 0.2) is 30.3 Å². The van der Waals surface area contributed by atoms with E-state index in [1.807, 2.05) is 30.3 Å². The first-order valence-electron chi connectivity index (χ1n) is 9.32. The first-order valence-corrected chi connectivity index (χ1v) is 10.8. The van der Waals surface area contributed by atoms with E-state index in [0.717, 1.165) is 17.7 Å². The number of aliphatic hydroxyl groups is 1. The molecule has 0 saturated carbocycles. The molecule has 0 aliphatic heterocycles. The molecule has 1 aromatic rings. The highest BCUT2D eigenvalue weighted by atomic mass is 32.2. The maximum Gasteiger partial charge on any atom is 0.0905 e. The van der Waals surface area contributed by atoms with Gasteiger partial charge in [0, 0.05) is 16.6 Å². The van der Waals surface area contributed by atoms with Crippen LogP contribution in [0, 0.1) is 0 Å². The molecular weight excluding hydrogens is 304 g/mol. The number of benzene rings is 1. The largest absolute Gasteiger partial charge is 0.387 e. The van der Waals surface area contributed by atoms with Crippen molar-refractivity contribution < 1.29 is 9.32 Å². The van der Waals surface area contributed by atoms with Crippen molar-refractivity contribution in [1.82, 2.24) is 0 Å². The number of aliphatic hydroxyl groups excluding tert-OH is 1. The van der Waals surface area contributed by atoms with Gasteiger partial charge in [-0.05, 0) is 12.0 Å². The third kappa shape index (κ3) is 10.7. The normalized spacial score (nSPS) is 13.8. The third-order valence-electron chi connectivity index (χ3n) is 4.25. The zero-order valence-corrected chi connectivity index (χ0v) is 15.5. The van der Waals surface area contributed by atoms with E-state index in [2.05, 4.69) is 6.92 Å². The summed E-state index contributed by atoms with van der Waals surface area (Å²) in [6.07, 6.45) is 12.3. The molecule has 0 radical (unpaired) electrons. The summed E-state index contributed by atoms with van der Waals surface area (Å²) in [5.74, 6) is 1.09.